The van der Waals surface area contributed by atoms with E-state index in [1.807, 2.05) is 37.3 Å². The lowest BCUT2D eigenvalue weighted by molar-refractivity contribution is -0.133. The second-order valence-electron chi connectivity index (χ2n) is 4.80. The maximum absolute atomic E-state index is 11.9. The highest BCUT2D eigenvalue weighted by molar-refractivity contribution is 6.04. The summed E-state index contributed by atoms with van der Waals surface area (Å²) in [5.74, 6) is -2.25. The normalized spacial score (nSPS) is 13.1. The van der Waals surface area contributed by atoms with E-state index in [1.165, 1.54) is 0 Å². The number of rotatable bonds is 7. The van der Waals surface area contributed by atoms with Gasteiger partial charge in [-0.2, -0.15) is 5.26 Å². The van der Waals surface area contributed by atoms with E-state index in [4.69, 9.17) is 5.26 Å². The second kappa shape index (κ2) is 8.11. The first-order valence-corrected chi connectivity index (χ1v) is 6.85. The molecule has 20 heavy (non-hydrogen) atoms. The van der Waals surface area contributed by atoms with Crippen LogP contribution in [0.2, 0.25) is 0 Å². The maximum atomic E-state index is 11.9. The molecule has 0 bridgehead atoms. The SMILES string of the molecule is CCC(C)C(=O)C(C#N)C(=O)NCCc1ccccc1. The molecule has 0 radical (unpaired) electrons. The van der Waals surface area contributed by atoms with Crippen LogP contribution < -0.4 is 5.32 Å². The molecule has 1 aromatic rings. The van der Waals surface area contributed by atoms with Crippen LogP contribution in [0.5, 0.6) is 0 Å². The zero-order valence-electron chi connectivity index (χ0n) is 11.9. The van der Waals surface area contributed by atoms with Crippen LogP contribution in [0.15, 0.2) is 30.3 Å². The summed E-state index contributed by atoms with van der Waals surface area (Å²) >= 11 is 0. The minimum Gasteiger partial charge on any atom is -0.354 e. The predicted octanol–water partition coefficient (Wildman–Crippen LogP) is 2.10. The molecule has 1 rings (SSSR count). The summed E-state index contributed by atoms with van der Waals surface area (Å²) in [4.78, 5) is 23.8. The van der Waals surface area contributed by atoms with Crippen LogP contribution in [0.25, 0.3) is 0 Å². The number of amides is 1. The first kappa shape index (κ1) is 15.9. The molecule has 0 saturated heterocycles. The van der Waals surface area contributed by atoms with Crippen LogP contribution in [-0.4, -0.2) is 18.2 Å². The molecule has 0 saturated carbocycles. The Balaban J connectivity index is 2.48. The molecule has 106 valence electrons. The Morgan fingerprint density at radius 3 is 2.50 bits per heavy atom. The monoisotopic (exact) mass is 272 g/mol. The predicted molar refractivity (Wildman–Crippen MR) is 76.7 cm³/mol. The largest absolute Gasteiger partial charge is 0.354 e. The van der Waals surface area contributed by atoms with Gasteiger partial charge in [0.15, 0.2) is 11.7 Å². The zero-order chi connectivity index (χ0) is 15.0. The third kappa shape index (κ3) is 4.51. The van der Waals surface area contributed by atoms with Gasteiger partial charge in [0.2, 0.25) is 5.91 Å². The molecule has 1 aromatic carbocycles. The number of carbonyl (C=O) groups is 2. The molecule has 0 fully saturated rings. The number of hydrogen-bond acceptors (Lipinski definition) is 3. The first-order valence-electron chi connectivity index (χ1n) is 6.85. The number of nitriles is 1. The van der Waals surface area contributed by atoms with Gasteiger partial charge in [0, 0.05) is 12.5 Å². The van der Waals surface area contributed by atoms with Gasteiger partial charge in [0.1, 0.15) is 0 Å². The average Bonchev–Trinajstić information content (AvgIpc) is 2.48. The summed E-state index contributed by atoms with van der Waals surface area (Å²) in [6.07, 6.45) is 1.32. The van der Waals surface area contributed by atoms with Gasteiger partial charge in [0.05, 0.1) is 6.07 Å². The second-order valence-corrected chi connectivity index (χ2v) is 4.80. The molecule has 0 aromatic heterocycles. The smallest absolute Gasteiger partial charge is 0.245 e. The number of Topliss-reactive ketones (excluding diaryl/α,β-unsaturated/α-hetero) is 1. The van der Waals surface area contributed by atoms with Crippen LogP contribution in [0.4, 0.5) is 0 Å². The molecule has 2 atom stereocenters. The van der Waals surface area contributed by atoms with Crippen molar-refractivity contribution in [2.45, 2.75) is 26.7 Å². The van der Waals surface area contributed by atoms with E-state index in [1.54, 1.807) is 13.0 Å². The average molecular weight is 272 g/mol. The minimum atomic E-state index is -1.19. The van der Waals surface area contributed by atoms with Gasteiger partial charge in [-0.25, -0.2) is 0 Å². The van der Waals surface area contributed by atoms with Crippen LogP contribution in [-0.2, 0) is 16.0 Å². The van der Waals surface area contributed by atoms with Crippen molar-refractivity contribution in [3.63, 3.8) is 0 Å². The Kier molecular flexibility index (Phi) is 6.45. The Morgan fingerprint density at radius 1 is 1.30 bits per heavy atom. The van der Waals surface area contributed by atoms with Crippen molar-refractivity contribution >= 4 is 11.7 Å². The van der Waals surface area contributed by atoms with Crippen LogP contribution in [0.3, 0.4) is 0 Å². The molecule has 2 unspecified atom stereocenters. The molecule has 1 N–H and O–H groups in total. The summed E-state index contributed by atoms with van der Waals surface area (Å²) in [5, 5.41) is 11.7. The van der Waals surface area contributed by atoms with Crippen LogP contribution in [0, 0.1) is 23.2 Å². The van der Waals surface area contributed by atoms with Crippen LogP contribution in [0.1, 0.15) is 25.8 Å². The lowest BCUT2D eigenvalue weighted by Gasteiger charge is -2.13. The van der Waals surface area contributed by atoms with Crippen molar-refractivity contribution in [2.75, 3.05) is 6.54 Å². The van der Waals surface area contributed by atoms with Crippen molar-refractivity contribution in [3.8, 4) is 6.07 Å². The van der Waals surface area contributed by atoms with E-state index in [9.17, 15) is 9.59 Å². The van der Waals surface area contributed by atoms with Crippen molar-refractivity contribution in [3.05, 3.63) is 35.9 Å². The lowest BCUT2D eigenvalue weighted by atomic mass is 9.92. The first-order chi connectivity index (χ1) is 9.60. The fraction of sp³-hybridized carbons (Fsp3) is 0.438. The molecule has 4 nitrogen and oxygen atoms in total. The Morgan fingerprint density at radius 2 is 1.95 bits per heavy atom. The van der Waals surface area contributed by atoms with E-state index < -0.39 is 11.8 Å². The summed E-state index contributed by atoms with van der Waals surface area (Å²) in [7, 11) is 0. The zero-order valence-corrected chi connectivity index (χ0v) is 11.9. The molecule has 0 aliphatic carbocycles. The maximum Gasteiger partial charge on any atom is 0.245 e. The number of nitrogens with one attached hydrogen (secondary N) is 1. The highest BCUT2D eigenvalue weighted by atomic mass is 16.2. The van der Waals surface area contributed by atoms with E-state index in [2.05, 4.69) is 5.32 Å². The highest BCUT2D eigenvalue weighted by Gasteiger charge is 2.28. The van der Waals surface area contributed by atoms with Gasteiger partial charge < -0.3 is 5.32 Å². The summed E-state index contributed by atoms with van der Waals surface area (Å²) in [6, 6.07) is 11.5. The van der Waals surface area contributed by atoms with Gasteiger partial charge in [-0.05, 0) is 18.4 Å². The molecule has 0 heterocycles. The molecule has 4 heteroatoms. The molecule has 0 aliphatic heterocycles. The highest BCUT2D eigenvalue weighted by Crippen LogP contribution is 2.10. The number of benzene rings is 1. The van der Waals surface area contributed by atoms with E-state index in [0.29, 0.717) is 19.4 Å². The summed E-state index contributed by atoms with van der Waals surface area (Å²) in [6.45, 7) is 4.03. The molecule has 0 spiro atoms. The topological polar surface area (TPSA) is 70.0 Å². The minimum absolute atomic E-state index is 0.264. The number of ketones is 1. The number of hydrogen-bond donors (Lipinski definition) is 1. The van der Waals surface area contributed by atoms with Gasteiger partial charge >= 0.3 is 0 Å². The molecular formula is C16H20N2O2. The standard InChI is InChI=1S/C16H20N2O2/c1-3-12(2)15(19)14(11-17)16(20)18-10-9-13-7-5-4-6-8-13/h4-8,12,14H,3,9-10H2,1-2H3,(H,18,20). The summed E-state index contributed by atoms with van der Waals surface area (Å²) < 4.78 is 0. The van der Waals surface area contributed by atoms with Crippen molar-refractivity contribution in [1.82, 2.24) is 5.32 Å². The van der Waals surface area contributed by atoms with Gasteiger partial charge in [-0.3, -0.25) is 9.59 Å². The molecular weight excluding hydrogens is 252 g/mol. The fourth-order valence-corrected chi connectivity index (χ4v) is 1.81. The lowest BCUT2D eigenvalue weighted by Crippen LogP contribution is -2.37. The quantitative estimate of drug-likeness (QED) is 0.773. The van der Waals surface area contributed by atoms with Crippen molar-refractivity contribution in [1.29, 1.82) is 5.26 Å². The van der Waals surface area contributed by atoms with Crippen LogP contribution >= 0.6 is 0 Å². The Labute approximate surface area is 119 Å². The van der Waals surface area contributed by atoms with Gasteiger partial charge in [-0.15, -0.1) is 0 Å². The number of nitrogens with zero attached hydrogens (tertiary/aromatic N) is 1. The third-order valence-corrected chi connectivity index (χ3v) is 3.33. The Bertz CT molecular complexity index is 491. The molecule has 0 aliphatic rings. The fourth-order valence-electron chi connectivity index (χ4n) is 1.81. The number of carbonyl (C=O) groups excluding carboxylic acids is 2. The van der Waals surface area contributed by atoms with E-state index in [-0.39, 0.29) is 11.7 Å². The van der Waals surface area contributed by atoms with Crippen molar-refractivity contribution in [2.24, 2.45) is 11.8 Å². The molecule has 1 amide bonds. The van der Waals surface area contributed by atoms with Crippen molar-refractivity contribution < 1.29 is 9.59 Å². The summed E-state index contributed by atoms with van der Waals surface area (Å²) in [5.41, 5.74) is 1.11. The van der Waals surface area contributed by atoms with Gasteiger partial charge in [0.25, 0.3) is 0 Å². The Hall–Kier alpha value is -2.15. The van der Waals surface area contributed by atoms with E-state index in [0.717, 1.165) is 5.56 Å². The van der Waals surface area contributed by atoms with Gasteiger partial charge in [-0.1, -0.05) is 44.2 Å². The van der Waals surface area contributed by atoms with E-state index >= 15 is 0 Å². The third-order valence-electron chi connectivity index (χ3n) is 3.33.